The minimum atomic E-state index is -1.01. The van der Waals surface area contributed by atoms with Gasteiger partial charge in [0.05, 0.1) is 12.2 Å². The molecule has 0 radical (unpaired) electrons. The quantitative estimate of drug-likeness (QED) is 0.525. The molecule has 4 saturated carbocycles. The van der Waals surface area contributed by atoms with E-state index >= 15 is 0 Å². The monoisotopic (exact) mass is 366 g/mol. The number of aliphatic hydroxyl groups excluding tert-OH is 1. The van der Waals surface area contributed by atoms with Crippen LogP contribution in [0.5, 0.6) is 0 Å². The van der Waals surface area contributed by atoms with E-state index in [0.29, 0.717) is 43.6 Å². The molecular weight excluding hydrogens is 328 g/mol. The summed E-state index contributed by atoms with van der Waals surface area (Å²) in [5.41, 5.74) is -0.120. The fourth-order valence-electron chi connectivity index (χ4n) is 7.63. The van der Waals surface area contributed by atoms with E-state index < -0.39 is 11.4 Å². The molecule has 0 spiro atoms. The summed E-state index contributed by atoms with van der Waals surface area (Å²) in [6.45, 7) is 5.31. The molecule has 4 nitrogen and oxygen atoms in total. The summed E-state index contributed by atoms with van der Waals surface area (Å²) in [6, 6.07) is 0. The lowest BCUT2D eigenvalue weighted by Gasteiger charge is -2.63. The van der Waals surface area contributed by atoms with Crippen LogP contribution in [0.2, 0.25) is 0 Å². The Bertz CT molecular complexity index is 538. The lowest BCUT2D eigenvalue weighted by Crippen LogP contribution is -2.62. The normalized spacial score (nSPS) is 53.7. The highest BCUT2D eigenvalue weighted by Crippen LogP contribution is 2.68. The second kappa shape index (κ2) is 6.43. The molecule has 0 unspecified atom stereocenters. The Balaban J connectivity index is 1.52. The average molecular weight is 367 g/mol. The van der Waals surface area contributed by atoms with Gasteiger partial charge in [-0.15, -0.1) is 0 Å². The third-order valence-corrected chi connectivity index (χ3v) is 9.34. The maximum Gasteiger partial charge on any atom is 0.165 e. The fraction of sp³-hybridized carbons (Fsp3) is 1.00. The van der Waals surface area contributed by atoms with Crippen molar-refractivity contribution in [3.05, 3.63) is 0 Å². The second-order valence-electron chi connectivity index (χ2n) is 10.4. The molecule has 0 heterocycles. The zero-order valence-electron chi connectivity index (χ0n) is 16.7. The molecule has 26 heavy (non-hydrogen) atoms. The fourth-order valence-corrected chi connectivity index (χ4v) is 7.63. The molecule has 0 aromatic heterocycles. The Hall–Kier alpha value is -0.160. The smallest absolute Gasteiger partial charge is 0.165 e. The van der Waals surface area contributed by atoms with E-state index in [1.54, 1.807) is 0 Å². The van der Waals surface area contributed by atoms with Crippen LogP contribution in [0, 0.1) is 28.6 Å². The van der Waals surface area contributed by atoms with Crippen LogP contribution in [0.4, 0.5) is 0 Å². The van der Waals surface area contributed by atoms with Gasteiger partial charge < -0.3 is 20.1 Å². The summed E-state index contributed by atoms with van der Waals surface area (Å²) in [7, 11) is 0. The number of hydrogen-bond acceptors (Lipinski definition) is 4. The summed E-state index contributed by atoms with van der Waals surface area (Å²) < 4.78 is 5.79. The molecule has 0 bridgehead atoms. The van der Waals surface area contributed by atoms with E-state index in [2.05, 4.69) is 13.8 Å². The number of ether oxygens (including phenoxy) is 1. The van der Waals surface area contributed by atoms with Crippen LogP contribution in [0.25, 0.3) is 0 Å². The van der Waals surface area contributed by atoms with Gasteiger partial charge in [0, 0.05) is 19.4 Å². The van der Waals surface area contributed by atoms with Crippen LogP contribution < -0.4 is 0 Å². The van der Waals surface area contributed by atoms with Crippen LogP contribution in [-0.2, 0) is 4.74 Å². The van der Waals surface area contributed by atoms with Gasteiger partial charge >= 0.3 is 0 Å². The maximum absolute atomic E-state index is 11.7. The Morgan fingerprint density at radius 3 is 2.50 bits per heavy atom. The van der Waals surface area contributed by atoms with Crippen molar-refractivity contribution < 1.29 is 20.1 Å². The zero-order chi connectivity index (χ0) is 18.6. The van der Waals surface area contributed by atoms with Gasteiger partial charge in [0.15, 0.2) is 5.79 Å². The van der Waals surface area contributed by atoms with Gasteiger partial charge in [-0.3, -0.25) is 0 Å². The average Bonchev–Trinajstić information content (AvgIpc) is 2.91. The van der Waals surface area contributed by atoms with Crippen LogP contribution in [0.3, 0.4) is 0 Å². The summed E-state index contributed by atoms with van der Waals surface area (Å²) in [6.07, 6.45) is 10.9. The van der Waals surface area contributed by atoms with Crippen LogP contribution in [0.15, 0.2) is 0 Å². The zero-order valence-corrected chi connectivity index (χ0v) is 16.7. The van der Waals surface area contributed by atoms with E-state index in [1.165, 1.54) is 19.3 Å². The van der Waals surface area contributed by atoms with Gasteiger partial charge in [0.2, 0.25) is 0 Å². The third-order valence-electron chi connectivity index (χ3n) is 9.34. The van der Waals surface area contributed by atoms with Gasteiger partial charge in [-0.25, -0.2) is 0 Å². The molecule has 4 rings (SSSR count). The van der Waals surface area contributed by atoms with Crippen molar-refractivity contribution in [3.8, 4) is 0 Å². The molecule has 4 aliphatic carbocycles. The van der Waals surface area contributed by atoms with Gasteiger partial charge in [-0.05, 0) is 86.4 Å². The molecule has 0 aliphatic heterocycles. The predicted octanol–water partition coefficient (Wildman–Crippen LogP) is 3.62. The van der Waals surface area contributed by atoms with E-state index in [0.717, 1.165) is 32.1 Å². The first-order valence-corrected chi connectivity index (χ1v) is 11.0. The SMILES string of the molecule is C[C@]12CC[C@@](O)(OCCCO)C[C@@H]1CC[C@@H]1[C@@H]2CC[C@]2(C)CCC[C@]12O. The number of fused-ring (bicyclic) bond motifs is 5. The van der Waals surface area contributed by atoms with E-state index in [9.17, 15) is 10.2 Å². The van der Waals surface area contributed by atoms with Crippen molar-refractivity contribution in [2.45, 2.75) is 95.9 Å². The van der Waals surface area contributed by atoms with Crippen LogP contribution in [0.1, 0.15) is 84.5 Å². The van der Waals surface area contributed by atoms with Crippen molar-refractivity contribution in [2.75, 3.05) is 13.2 Å². The van der Waals surface area contributed by atoms with Gasteiger partial charge in [-0.1, -0.05) is 13.8 Å². The highest BCUT2D eigenvalue weighted by Gasteiger charge is 2.65. The molecule has 4 heteroatoms. The molecule has 4 aliphatic rings. The Kier molecular flexibility index (Phi) is 4.74. The highest BCUT2D eigenvalue weighted by molar-refractivity contribution is 5.14. The molecule has 7 atom stereocenters. The Morgan fingerprint density at radius 1 is 0.923 bits per heavy atom. The largest absolute Gasteiger partial charge is 0.396 e. The topological polar surface area (TPSA) is 69.9 Å². The molecule has 0 aromatic carbocycles. The highest BCUT2D eigenvalue weighted by atomic mass is 16.6. The molecule has 0 saturated heterocycles. The number of hydrogen-bond donors (Lipinski definition) is 3. The number of aliphatic hydroxyl groups is 3. The lowest BCUT2D eigenvalue weighted by molar-refractivity contribution is -0.269. The predicted molar refractivity (Wildman–Crippen MR) is 100 cm³/mol. The molecule has 150 valence electrons. The summed E-state index contributed by atoms with van der Waals surface area (Å²) in [5.74, 6) is 0.483. The molecule has 0 aromatic rings. The Morgan fingerprint density at radius 2 is 1.73 bits per heavy atom. The van der Waals surface area contributed by atoms with Gasteiger partial charge in [0.25, 0.3) is 0 Å². The van der Waals surface area contributed by atoms with Gasteiger partial charge in [-0.2, -0.15) is 0 Å². The van der Waals surface area contributed by atoms with Crippen molar-refractivity contribution in [2.24, 2.45) is 28.6 Å². The van der Waals surface area contributed by atoms with Gasteiger partial charge in [0.1, 0.15) is 0 Å². The minimum absolute atomic E-state index is 0.109. The van der Waals surface area contributed by atoms with Crippen molar-refractivity contribution in [3.63, 3.8) is 0 Å². The first-order chi connectivity index (χ1) is 12.3. The lowest BCUT2D eigenvalue weighted by atomic mass is 9.44. The molecular formula is C22H38O4. The van der Waals surface area contributed by atoms with E-state index in [-0.39, 0.29) is 17.4 Å². The summed E-state index contributed by atoms with van der Waals surface area (Å²) in [4.78, 5) is 0. The standard InChI is InChI=1S/C22H38O4/c1-19-8-3-9-22(19,25)18-6-5-16-15-21(24,26-14-4-13-23)12-11-20(16,2)17(18)7-10-19/h16-18,23-25H,3-15H2,1-2H3/t16-,17-,18+,19-,20-,21+,22-/m0/s1. The van der Waals surface area contributed by atoms with Crippen molar-refractivity contribution >= 4 is 0 Å². The van der Waals surface area contributed by atoms with Crippen molar-refractivity contribution in [1.82, 2.24) is 0 Å². The van der Waals surface area contributed by atoms with E-state index in [1.807, 2.05) is 0 Å². The van der Waals surface area contributed by atoms with E-state index in [4.69, 9.17) is 9.84 Å². The van der Waals surface area contributed by atoms with Crippen LogP contribution in [-0.4, -0.2) is 39.9 Å². The van der Waals surface area contributed by atoms with Crippen molar-refractivity contribution in [1.29, 1.82) is 0 Å². The number of rotatable bonds is 4. The minimum Gasteiger partial charge on any atom is -0.396 e. The first kappa shape index (κ1) is 19.2. The summed E-state index contributed by atoms with van der Waals surface area (Å²) >= 11 is 0. The second-order valence-corrected chi connectivity index (χ2v) is 10.4. The molecule has 0 amide bonds. The third kappa shape index (κ3) is 2.70. The molecule has 4 fully saturated rings. The molecule has 3 N–H and O–H groups in total. The van der Waals surface area contributed by atoms with Crippen LogP contribution >= 0.6 is 0 Å². The Labute approximate surface area is 158 Å². The first-order valence-electron chi connectivity index (χ1n) is 11.0. The summed E-state index contributed by atoms with van der Waals surface area (Å²) in [5, 5.41) is 31.6. The maximum atomic E-state index is 11.7.